The molecule has 4 heteroatoms. The molecule has 0 rings (SSSR count). The highest BCUT2D eigenvalue weighted by molar-refractivity contribution is 5.77. The molecule has 3 N–H and O–H groups in total. The number of hydrazine groups is 1. The maximum atomic E-state index is 10.6. The Kier molecular flexibility index (Phi) is 4.00. The summed E-state index contributed by atoms with van der Waals surface area (Å²) >= 11 is 0. The van der Waals surface area contributed by atoms with Gasteiger partial charge in [-0.3, -0.25) is 10.2 Å². The molecule has 1 amide bonds. The fourth-order valence-corrected chi connectivity index (χ4v) is 0.468. The van der Waals surface area contributed by atoms with E-state index >= 15 is 0 Å². The maximum Gasteiger partial charge on any atom is 0.239 e. The number of carbonyl (C=O) groups excluding carboxylic acids is 1. The summed E-state index contributed by atoms with van der Waals surface area (Å²) in [5, 5.41) is 0. The molecule has 0 radical (unpaired) electrons. The molecule has 0 saturated heterocycles. The Labute approximate surface area is 54.3 Å². The van der Waals surface area contributed by atoms with Crippen molar-refractivity contribution in [2.75, 3.05) is 13.7 Å². The van der Waals surface area contributed by atoms with Crippen LogP contribution >= 0.6 is 0 Å². The van der Waals surface area contributed by atoms with Gasteiger partial charge in [-0.1, -0.05) is 6.92 Å². The van der Waals surface area contributed by atoms with E-state index in [1.165, 1.54) is 0 Å². The van der Waals surface area contributed by atoms with Crippen LogP contribution < -0.4 is 11.3 Å². The van der Waals surface area contributed by atoms with Crippen molar-refractivity contribution in [3.8, 4) is 0 Å². The highest BCUT2D eigenvalue weighted by atomic mass is 16.5. The monoisotopic (exact) mass is 132 g/mol. The van der Waals surface area contributed by atoms with Gasteiger partial charge in [0.15, 0.2) is 0 Å². The Balaban J connectivity index is 3.45. The molecule has 0 aliphatic carbocycles. The second-order valence-corrected chi connectivity index (χ2v) is 1.86. The summed E-state index contributed by atoms with van der Waals surface area (Å²) in [6.07, 6.45) is 0. The summed E-state index contributed by atoms with van der Waals surface area (Å²) < 4.78 is 4.71. The minimum absolute atomic E-state index is 0.167. The smallest absolute Gasteiger partial charge is 0.239 e. The second kappa shape index (κ2) is 4.29. The molecule has 0 aromatic carbocycles. The Morgan fingerprint density at radius 3 is 2.78 bits per heavy atom. The van der Waals surface area contributed by atoms with Crippen molar-refractivity contribution < 1.29 is 9.53 Å². The van der Waals surface area contributed by atoms with E-state index in [4.69, 9.17) is 10.6 Å². The lowest BCUT2D eigenvalue weighted by atomic mass is 10.2. The standard InChI is InChI=1S/C5H12N2O2/c1-4(3-9-2)5(8)7-6/h4H,3,6H2,1-2H3,(H,7,8). The third-order valence-corrected chi connectivity index (χ3v) is 1.01. The Bertz CT molecular complexity index is 95.0. The average molecular weight is 132 g/mol. The van der Waals surface area contributed by atoms with Gasteiger partial charge in [-0.2, -0.15) is 0 Å². The molecule has 9 heavy (non-hydrogen) atoms. The van der Waals surface area contributed by atoms with E-state index in [1.54, 1.807) is 14.0 Å². The van der Waals surface area contributed by atoms with Crippen LogP contribution in [0.15, 0.2) is 0 Å². The highest BCUT2D eigenvalue weighted by Crippen LogP contribution is 1.92. The van der Waals surface area contributed by atoms with Crippen LogP contribution in [0.1, 0.15) is 6.92 Å². The molecular formula is C5H12N2O2. The van der Waals surface area contributed by atoms with Gasteiger partial charge in [0.1, 0.15) is 0 Å². The number of methoxy groups -OCH3 is 1. The normalized spacial score (nSPS) is 12.8. The van der Waals surface area contributed by atoms with Crippen molar-refractivity contribution in [3.05, 3.63) is 0 Å². The quantitative estimate of drug-likeness (QED) is 0.302. The zero-order valence-electron chi connectivity index (χ0n) is 5.68. The third kappa shape index (κ3) is 3.05. The van der Waals surface area contributed by atoms with Crippen molar-refractivity contribution in [1.82, 2.24) is 5.43 Å². The first-order chi connectivity index (χ1) is 4.22. The van der Waals surface area contributed by atoms with E-state index in [2.05, 4.69) is 0 Å². The fourth-order valence-electron chi connectivity index (χ4n) is 0.468. The minimum Gasteiger partial charge on any atom is -0.384 e. The predicted octanol–water partition coefficient (Wildman–Crippen LogP) is -0.741. The molecular weight excluding hydrogens is 120 g/mol. The predicted molar refractivity (Wildman–Crippen MR) is 33.4 cm³/mol. The maximum absolute atomic E-state index is 10.6. The number of hydrogen-bond acceptors (Lipinski definition) is 3. The van der Waals surface area contributed by atoms with Crippen LogP contribution in [0.5, 0.6) is 0 Å². The zero-order chi connectivity index (χ0) is 7.28. The van der Waals surface area contributed by atoms with Gasteiger partial charge in [-0.15, -0.1) is 0 Å². The molecule has 0 fully saturated rings. The van der Waals surface area contributed by atoms with Crippen molar-refractivity contribution in [1.29, 1.82) is 0 Å². The summed E-state index contributed by atoms with van der Waals surface area (Å²) in [7, 11) is 1.54. The number of rotatable bonds is 3. The van der Waals surface area contributed by atoms with Crippen LogP contribution in [0, 0.1) is 5.92 Å². The average Bonchev–Trinajstić information content (AvgIpc) is 1.87. The molecule has 0 aliphatic heterocycles. The number of nitrogens with two attached hydrogens (primary N) is 1. The second-order valence-electron chi connectivity index (χ2n) is 1.86. The van der Waals surface area contributed by atoms with Gasteiger partial charge >= 0.3 is 0 Å². The fraction of sp³-hybridized carbons (Fsp3) is 0.800. The largest absolute Gasteiger partial charge is 0.384 e. The third-order valence-electron chi connectivity index (χ3n) is 1.01. The molecule has 0 saturated carbocycles. The summed E-state index contributed by atoms with van der Waals surface area (Å²) in [4.78, 5) is 10.6. The van der Waals surface area contributed by atoms with Gasteiger partial charge in [0.25, 0.3) is 0 Å². The Morgan fingerprint density at radius 1 is 1.89 bits per heavy atom. The van der Waals surface area contributed by atoms with Crippen LogP contribution in [0.3, 0.4) is 0 Å². The van der Waals surface area contributed by atoms with Crippen molar-refractivity contribution in [2.45, 2.75) is 6.92 Å². The van der Waals surface area contributed by atoms with Gasteiger partial charge in [0, 0.05) is 7.11 Å². The minimum atomic E-state index is -0.197. The van der Waals surface area contributed by atoms with E-state index < -0.39 is 0 Å². The Morgan fingerprint density at radius 2 is 2.44 bits per heavy atom. The molecule has 0 aliphatic rings. The molecule has 0 bridgehead atoms. The van der Waals surface area contributed by atoms with Crippen LogP contribution in [-0.4, -0.2) is 19.6 Å². The molecule has 0 heterocycles. The SMILES string of the molecule is COCC(C)C(=O)NN. The lowest BCUT2D eigenvalue weighted by Crippen LogP contribution is -2.36. The summed E-state index contributed by atoms with van der Waals surface area (Å²) in [5.41, 5.74) is 2.03. The first kappa shape index (κ1) is 8.39. The number of amides is 1. The molecule has 4 nitrogen and oxygen atoms in total. The van der Waals surface area contributed by atoms with Gasteiger partial charge < -0.3 is 4.74 Å². The number of ether oxygens (including phenoxy) is 1. The first-order valence-corrected chi connectivity index (χ1v) is 2.71. The first-order valence-electron chi connectivity index (χ1n) is 2.71. The van der Waals surface area contributed by atoms with Crippen LogP contribution in [0.4, 0.5) is 0 Å². The van der Waals surface area contributed by atoms with E-state index in [-0.39, 0.29) is 11.8 Å². The summed E-state index contributed by atoms with van der Waals surface area (Å²) in [5.74, 6) is 4.48. The van der Waals surface area contributed by atoms with E-state index in [0.29, 0.717) is 6.61 Å². The molecule has 0 spiro atoms. The van der Waals surface area contributed by atoms with Crippen LogP contribution in [-0.2, 0) is 9.53 Å². The van der Waals surface area contributed by atoms with Gasteiger partial charge in [0.2, 0.25) is 5.91 Å². The van der Waals surface area contributed by atoms with Crippen LogP contribution in [0.25, 0.3) is 0 Å². The molecule has 0 aromatic rings. The van der Waals surface area contributed by atoms with Crippen molar-refractivity contribution in [2.24, 2.45) is 11.8 Å². The molecule has 1 atom stereocenters. The Hall–Kier alpha value is -0.610. The molecule has 0 aromatic heterocycles. The van der Waals surface area contributed by atoms with Crippen molar-refractivity contribution >= 4 is 5.91 Å². The van der Waals surface area contributed by atoms with Gasteiger partial charge in [-0.25, -0.2) is 5.84 Å². The zero-order valence-corrected chi connectivity index (χ0v) is 5.68. The summed E-state index contributed by atoms with van der Waals surface area (Å²) in [6.45, 7) is 2.15. The summed E-state index contributed by atoms with van der Waals surface area (Å²) in [6, 6.07) is 0. The highest BCUT2D eigenvalue weighted by Gasteiger charge is 2.09. The molecule has 54 valence electrons. The van der Waals surface area contributed by atoms with E-state index in [1.807, 2.05) is 5.43 Å². The lowest BCUT2D eigenvalue weighted by Gasteiger charge is -2.06. The topological polar surface area (TPSA) is 64.3 Å². The van der Waals surface area contributed by atoms with E-state index in [9.17, 15) is 4.79 Å². The number of nitrogens with one attached hydrogen (secondary N) is 1. The lowest BCUT2D eigenvalue weighted by molar-refractivity contribution is -0.126. The number of hydrogen-bond donors (Lipinski definition) is 2. The van der Waals surface area contributed by atoms with Crippen LogP contribution in [0.2, 0.25) is 0 Å². The van der Waals surface area contributed by atoms with Gasteiger partial charge in [-0.05, 0) is 0 Å². The number of carbonyl (C=O) groups is 1. The van der Waals surface area contributed by atoms with Gasteiger partial charge in [0.05, 0.1) is 12.5 Å². The molecule has 1 unspecified atom stereocenters. The van der Waals surface area contributed by atoms with E-state index in [0.717, 1.165) is 0 Å². The van der Waals surface area contributed by atoms with Crippen molar-refractivity contribution in [3.63, 3.8) is 0 Å².